The van der Waals surface area contributed by atoms with Crippen molar-refractivity contribution in [2.24, 2.45) is 11.7 Å². The third kappa shape index (κ3) is 4.08. The van der Waals surface area contributed by atoms with Crippen molar-refractivity contribution < 1.29 is 13.2 Å². The Bertz CT molecular complexity index is 631. The first-order valence-corrected chi connectivity index (χ1v) is 7.37. The zero-order chi connectivity index (χ0) is 15.4. The van der Waals surface area contributed by atoms with Crippen molar-refractivity contribution in [2.45, 2.75) is 12.8 Å². The monoisotopic (exact) mass is 357 g/mol. The van der Waals surface area contributed by atoms with E-state index in [2.05, 4.69) is 15.9 Å². The smallest absolute Gasteiger partial charge is 0.143 e. The van der Waals surface area contributed by atoms with Crippen LogP contribution >= 0.6 is 15.9 Å². The second-order valence-corrected chi connectivity index (χ2v) is 5.82. The Morgan fingerprint density at radius 2 is 1.81 bits per heavy atom. The highest BCUT2D eigenvalue weighted by Gasteiger charge is 2.17. The Kier molecular flexibility index (Phi) is 5.42. The van der Waals surface area contributed by atoms with Gasteiger partial charge in [-0.1, -0.05) is 12.1 Å². The first kappa shape index (κ1) is 16.0. The van der Waals surface area contributed by atoms with Crippen LogP contribution in [0.15, 0.2) is 40.9 Å². The molecule has 2 rings (SSSR count). The zero-order valence-electron chi connectivity index (χ0n) is 11.3. The topological polar surface area (TPSA) is 26.0 Å². The summed E-state index contributed by atoms with van der Waals surface area (Å²) >= 11 is 3.05. The molecule has 1 unspecified atom stereocenters. The number of hydrogen-bond acceptors (Lipinski definition) is 1. The van der Waals surface area contributed by atoms with Gasteiger partial charge in [0.25, 0.3) is 0 Å². The van der Waals surface area contributed by atoms with E-state index < -0.39 is 11.6 Å². The van der Waals surface area contributed by atoms with Gasteiger partial charge in [0.1, 0.15) is 17.5 Å². The lowest BCUT2D eigenvalue weighted by molar-refractivity contribution is 0.482. The molecule has 0 radical (unpaired) electrons. The summed E-state index contributed by atoms with van der Waals surface area (Å²) in [6.45, 7) is 0.266. The van der Waals surface area contributed by atoms with Crippen molar-refractivity contribution in [3.05, 3.63) is 69.4 Å². The van der Waals surface area contributed by atoms with Crippen LogP contribution in [0.3, 0.4) is 0 Å². The first-order valence-electron chi connectivity index (χ1n) is 6.58. The van der Waals surface area contributed by atoms with E-state index in [-0.39, 0.29) is 34.7 Å². The summed E-state index contributed by atoms with van der Waals surface area (Å²) in [7, 11) is 0. The second-order valence-electron chi connectivity index (χ2n) is 4.96. The van der Waals surface area contributed by atoms with Crippen LogP contribution in [0, 0.1) is 23.4 Å². The maximum absolute atomic E-state index is 14.0. The Balaban J connectivity index is 2.18. The Morgan fingerprint density at radius 3 is 2.48 bits per heavy atom. The van der Waals surface area contributed by atoms with E-state index in [4.69, 9.17) is 5.73 Å². The van der Waals surface area contributed by atoms with Crippen molar-refractivity contribution >= 4 is 15.9 Å². The minimum Gasteiger partial charge on any atom is -0.330 e. The fourth-order valence-corrected chi connectivity index (χ4v) is 2.65. The Hall–Kier alpha value is -1.33. The molecule has 112 valence electrons. The third-order valence-electron chi connectivity index (χ3n) is 3.38. The lowest BCUT2D eigenvalue weighted by atomic mass is 9.92. The van der Waals surface area contributed by atoms with Crippen molar-refractivity contribution in [3.8, 4) is 0 Å². The number of halogens is 4. The van der Waals surface area contributed by atoms with Gasteiger partial charge in [-0.25, -0.2) is 13.2 Å². The molecule has 5 heteroatoms. The molecule has 0 saturated carbocycles. The summed E-state index contributed by atoms with van der Waals surface area (Å²) in [5, 5.41) is 0. The summed E-state index contributed by atoms with van der Waals surface area (Å²) in [5.41, 5.74) is 6.47. The van der Waals surface area contributed by atoms with Crippen LogP contribution < -0.4 is 5.73 Å². The van der Waals surface area contributed by atoms with E-state index >= 15 is 0 Å². The van der Waals surface area contributed by atoms with Gasteiger partial charge >= 0.3 is 0 Å². The molecule has 0 aromatic heterocycles. The molecule has 0 heterocycles. The molecule has 0 saturated heterocycles. The summed E-state index contributed by atoms with van der Waals surface area (Å²) in [6.07, 6.45) is 0.643. The molecule has 0 bridgehead atoms. The second kappa shape index (κ2) is 7.09. The van der Waals surface area contributed by atoms with Crippen LogP contribution in [0.25, 0.3) is 0 Å². The molecule has 0 fully saturated rings. The molecular weight excluding hydrogens is 343 g/mol. The third-order valence-corrected chi connectivity index (χ3v) is 3.99. The predicted octanol–water partition coefficient (Wildman–Crippen LogP) is 4.23. The molecule has 1 atom stereocenters. The van der Waals surface area contributed by atoms with Gasteiger partial charge in [-0.15, -0.1) is 0 Å². The molecule has 2 aromatic rings. The fraction of sp³-hybridized carbons (Fsp3) is 0.250. The standard InChI is InChI=1S/C16H15BrF3N/c17-14-4-5-15(19)13(16(14)20)8-11(9-21)6-10-2-1-3-12(18)7-10/h1-5,7,11H,6,8-9,21H2. The average molecular weight is 358 g/mol. The maximum Gasteiger partial charge on any atom is 0.143 e. The number of rotatable bonds is 5. The lowest BCUT2D eigenvalue weighted by Gasteiger charge is -2.16. The highest BCUT2D eigenvalue weighted by Crippen LogP contribution is 2.25. The normalized spacial score (nSPS) is 12.4. The van der Waals surface area contributed by atoms with Crippen LogP contribution in [-0.4, -0.2) is 6.54 Å². The highest BCUT2D eigenvalue weighted by atomic mass is 79.9. The molecule has 0 aliphatic rings. The number of hydrogen-bond donors (Lipinski definition) is 1. The van der Waals surface area contributed by atoms with Crippen molar-refractivity contribution in [1.29, 1.82) is 0 Å². The summed E-state index contributed by atoms with van der Waals surface area (Å²) in [4.78, 5) is 0. The van der Waals surface area contributed by atoms with E-state index in [1.165, 1.54) is 24.3 Å². The number of benzene rings is 2. The van der Waals surface area contributed by atoms with Gasteiger partial charge in [-0.05, 0) is 71.1 Å². The highest BCUT2D eigenvalue weighted by molar-refractivity contribution is 9.10. The predicted molar refractivity (Wildman–Crippen MR) is 80.4 cm³/mol. The van der Waals surface area contributed by atoms with Crippen LogP contribution in [0.2, 0.25) is 0 Å². The van der Waals surface area contributed by atoms with Crippen LogP contribution in [0.4, 0.5) is 13.2 Å². The van der Waals surface area contributed by atoms with Gasteiger partial charge in [0.05, 0.1) is 4.47 Å². The lowest BCUT2D eigenvalue weighted by Crippen LogP contribution is -2.20. The Morgan fingerprint density at radius 1 is 1.05 bits per heavy atom. The minimum atomic E-state index is -0.604. The zero-order valence-corrected chi connectivity index (χ0v) is 12.8. The van der Waals surface area contributed by atoms with E-state index in [9.17, 15) is 13.2 Å². The largest absolute Gasteiger partial charge is 0.330 e. The molecule has 2 N–H and O–H groups in total. The Labute approximate surface area is 130 Å². The first-order chi connectivity index (χ1) is 10.0. The summed E-state index contributed by atoms with van der Waals surface area (Å²) in [6, 6.07) is 8.71. The minimum absolute atomic E-state index is 0.0104. The summed E-state index contributed by atoms with van der Waals surface area (Å²) in [5.74, 6) is -1.69. The molecule has 0 aliphatic heterocycles. The maximum atomic E-state index is 14.0. The summed E-state index contributed by atoms with van der Waals surface area (Å²) < 4.78 is 41.1. The van der Waals surface area contributed by atoms with Crippen LogP contribution in [-0.2, 0) is 12.8 Å². The van der Waals surface area contributed by atoms with Crippen molar-refractivity contribution in [2.75, 3.05) is 6.54 Å². The molecule has 2 aromatic carbocycles. The molecule has 21 heavy (non-hydrogen) atoms. The van der Waals surface area contributed by atoms with Gasteiger partial charge in [-0.2, -0.15) is 0 Å². The molecule has 0 amide bonds. The fourth-order valence-electron chi connectivity index (χ4n) is 2.28. The van der Waals surface area contributed by atoms with Gasteiger partial charge < -0.3 is 5.73 Å². The van der Waals surface area contributed by atoms with E-state index in [0.717, 1.165) is 5.56 Å². The van der Waals surface area contributed by atoms with E-state index in [0.29, 0.717) is 6.42 Å². The van der Waals surface area contributed by atoms with Crippen LogP contribution in [0.5, 0.6) is 0 Å². The van der Waals surface area contributed by atoms with Crippen molar-refractivity contribution in [3.63, 3.8) is 0 Å². The van der Waals surface area contributed by atoms with Gasteiger partial charge in [0.2, 0.25) is 0 Å². The number of nitrogens with two attached hydrogens (primary N) is 1. The SMILES string of the molecule is NCC(Cc1cccc(F)c1)Cc1c(F)ccc(Br)c1F. The quantitative estimate of drug-likeness (QED) is 0.796. The van der Waals surface area contributed by atoms with E-state index in [1.54, 1.807) is 12.1 Å². The van der Waals surface area contributed by atoms with E-state index in [1.807, 2.05) is 0 Å². The van der Waals surface area contributed by atoms with Crippen LogP contribution in [0.1, 0.15) is 11.1 Å². The van der Waals surface area contributed by atoms with Gasteiger partial charge in [0.15, 0.2) is 0 Å². The molecular formula is C16H15BrF3N. The van der Waals surface area contributed by atoms with Crippen molar-refractivity contribution in [1.82, 2.24) is 0 Å². The molecule has 0 spiro atoms. The van der Waals surface area contributed by atoms with Gasteiger partial charge in [-0.3, -0.25) is 0 Å². The average Bonchev–Trinajstić information content (AvgIpc) is 2.46. The van der Waals surface area contributed by atoms with Gasteiger partial charge in [0, 0.05) is 5.56 Å². The molecule has 1 nitrogen and oxygen atoms in total. The molecule has 0 aliphatic carbocycles.